The zero-order valence-electron chi connectivity index (χ0n) is 16.7. The summed E-state index contributed by atoms with van der Waals surface area (Å²) in [5.41, 5.74) is 3.88. The Hall–Kier alpha value is -3.51. The van der Waals surface area contributed by atoms with Crippen LogP contribution in [0.25, 0.3) is 22.6 Å². The van der Waals surface area contributed by atoms with Crippen molar-refractivity contribution in [2.45, 2.75) is 6.92 Å². The molecule has 0 unspecified atom stereocenters. The maximum Gasteiger partial charge on any atom is 0.263 e. The standard InChI is InChI=1S/C23H19ClN2O4/c1-13-7-8-14(23-26-17-12-15(24)9-10-18(17)30-23)11-16(13)25-22(27)21-19(28-2)5-4-6-20(21)29-3/h4-12H,1-3H3,(H,25,27). The van der Waals surface area contributed by atoms with E-state index in [-0.39, 0.29) is 5.91 Å². The first-order valence-corrected chi connectivity index (χ1v) is 9.57. The summed E-state index contributed by atoms with van der Waals surface area (Å²) in [5, 5.41) is 3.53. The van der Waals surface area contributed by atoms with Crippen LogP contribution < -0.4 is 14.8 Å². The van der Waals surface area contributed by atoms with Crippen molar-refractivity contribution in [2.24, 2.45) is 0 Å². The van der Waals surface area contributed by atoms with Crippen LogP contribution in [-0.4, -0.2) is 25.1 Å². The highest BCUT2D eigenvalue weighted by atomic mass is 35.5. The van der Waals surface area contributed by atoms with Gasteiger partial charge in [-0.3, -0.25) is 4.79 Å². The molecule has 4 aromatic rings. The first-order valence-electron chi connectivity index (χ1n) is 9.19. The first kappa shape index (κ1) is 19.8. The molecule has 0 saturated heterocycles. The zero-order valence-corrected chi connectivity index (χ0v) is 17.4. The van der Waals surface area contributed by atoms with Crippen LogP contribution in [0.2, 0.25) is 5.02 Å². The third-order valence-electron chi connectivity index (χ3n) is 4.74. The number of anilines is 1. The number of nitrogens with zero attached hydrogens (tertiary/aromatic N) is 1. The molecule has 30 heavy (non-hydrogen) atoms. The molecule has 1 heterocycles. The highest BCUT2D eigenvalue weighted by Gasteiger charge is 2.19. The van der Waals surface area contributed by atoms with Crippen LogP contribution >= 0.6 is 11.6 Å². The van der Waals surface area contributed by atoms with Gasteiger partial charge in [-0.05, 0) is 55.0 Å². The molecule has 4 rings (SSSR count). The van der Waals surface area contributed by atoms with E-state index in [4.69, 9.17) is 25.5 Å². The van der Waals surface area contributed by atoms with Gasteiger partial charge in [0.2, 0.25) is 5.89 Å². The Labute approximate surface area is 178 Å². The molecule has 0 radical (unpaired) electrons. The van der Waals surface area contributed by atoms with E-state index in [2.05, 4.69) is 10.3 Å². The molecule has 6 nitrogen and oxygen atoms in total. The monoisotopic (exact) mass is 422 g/mol. The molecule has 7 heteroatoms. The van der Waals surface area contributed by atoms with Crippen LogP contribution in [0.1, 0.15) is 15.9 Å². The van der Waals surface area contributed by atoms with Crippen molar-refractivity contribution in [1.29, 1.82) is 0 Å². The number of oxazole rings is 1. The molecule has 0 aliphatic heterocycles. The minimum Gasteiger partial charge on any atom is -0.496 e. The number of nitrogens with one attached hydrogen (secondary N) is 1. The van der Waals surface area contributed by atoms with Crippen LogP contribution in [-0.2, 0) is 0 Å². The summed E-state index contributed by atoms with van der Waals surface area (Å²) in [6, 6.07) is 16.1. The van der Waals surface area contributed by atoms with Crippen molar-refractivity contribution in [3.05, 3.63) is 70.7 Å². The maximum atomic E-state index is 13.0. The Morgan fingerprint density at radius 1 is 1.03 bits per heavy atom. The molecule has 1 amide bonds. The summed E-state index contributed by atoms with van der Waals surface area (Å²) < 4.78 is 16.5. The lowest BCUT2D eigenvalue weighted by Gasteiger charge is -2.14. The second kappa shape index (κ2) is 8.08. The van der Waals surface area contributed by atoms with Gasteiger partial charge in [-0.15, -0.1) is 0 Å². The third-order valence-corrected chi connectivity index (χ3v) is 4.97. The normalized spacial score (nSPS) is 10.8. The lowest BCUT2D eigenvalue weighted by Crippen LogP contribution is -2.15. The van der Waals surface area contributed by atoms with Crippen molar-refractivity contribution in [3.63, 3.8) is 0 Å². The van der Waals surface area contributed by atoms with Gasteiger partial charge < -0.3 is 19.2 Å². The number of ether oxygens (including phenoxy) is 2. The Morgan fingerprint density at radius 2 is 1.77 bits per heavy atom. The molecule has 0 spiro atoms. The molecule has 3 aromatic carbocycles. The number of aromatic nitrogens is 1. The predicted octanol–water partition coefficient (Wildman–Crippen LogP) is 5.73. The summed E-state index contributed by atoms with van der Waals surface area (Å²) >= 11 is 6.04. The highest BCUT2D eigenvalue weighted by molar-refractivity contribution is 6.31. The largest absolute Gasteiger partial charge is 0.496 e. The Morgan fingerprint density at radius 3 is 2.47 bits per heavy atom. The van der Waals surface area contributed by atoms with Crippen molar-refractivity contribution in [2.75, 3.05) is 19.5 Å². The Kier molecular flexibility index (Phi) is 5.33. The van der Waals surface area contributed by atoms with Crippen molar-refractivity contribution in [1.82, 2.24) is 4.98 Å². The van der Waals surface area contributed by atoms with Gasteiger partial charge in [-0.2, -0.15) is 0 Å². The van der Waals surface area contributed by atoms with Crippen LogP contribution in [0.5, 0.6) is 11.5 Å². The fourth-order valence-electron chi connectivity index (χ4n) is 3.17. The van der Waals surface area contributed by atoms with Gasteiger partial charge in [-0.1, -0.05) is 23.7 Å². The van der Waals surface area contributed by atoms with E-state index in [1.807, 2.05) is 25.1 Å². The Bertz CT molecular complexity index is 1230. The van der Waals surface area contributed by atoms with E-state index in [9.17, 15) is 4.79 Å². The number of hydrogen-bond donors (Lipinski definition) is 1. The summed E-state index contributed by atoms with van der Waals surface area (Å²) in [6.45, 7) is 1.91. The Balaban J connectivity index is 1.70. The van der Waals surface area contributed by atoms with Gasteiger partial charge in [0.1, 0.15) is 22.6 Å². The molecule has 152 valence electrons. The molecular weight excluding hydrogens is 404 g/mol. The second-order valence-electron chi connectivity index (χ2n) is 6.65. The number of methoxy groups -OCH3 is 2. The molecule has 1 N–H and O–H groups in total. The molecule has 0 atom stereocenters. The molecule has 0 aliphatic rings. The number of hydrogen-bond acceptors (Lipinski definition) is 5. The van der Waals surface area contributed by atoms with Crippen LogP contribution in [0.3, 0.4) is 0 Å². The summed E-state index contributed by atoms with van der Waals surface area (Å²) in [5.74, 6) is 0.958. The van der Waals surface area contributed by atoms with E-state index in [1.165, 1.54) is 14.2 Å². The number of rotatable bonds is 5. The summed E-state index contributed by atoms with van der Waals surface area (Å²) in [4.78, 5) is 17.5. The fourth-order valence-corrected chi connectivity index (χ4v) is 3.34. The molecular formula is C23H19ClN2O4. The van der Waals surface area contributed by atoms with Crippen molar-refractivity contribution < 1.29 is 18.7 Å². The van der Waals surface area contributed by atoms with E-state index in [0.29, 0.717) is 44.8 Å². The van der Waals surface area contributed by atoms with Crippen LogP contribution in [0, 0.1) is 6.92 Å². The van der Waals surface area contributed by atoms with E-state index < -0.39 is 0 Å². The van der Waals surface area contributed by atoms with Gasteiger partial charge in [0.15, 0.2) is 5.58 Å². The number of fused-ring (bicyclic) bond motifs is 1. The minimum absolute atomic E-state index is 0.323. The van der Waals surface area contributed by atoms with Gasteiger partial charge in [0.25, 0.3) is 5.91 Å². The number of benzene rings is 3. The lowest BCUT2D eigenvalue weighted by molar-refractivity contribution is 0.102. The molecule has 0 fully saturated rings. The van der Waals surface area contributed by atoms with Crippen LogP contribution in [0.4, 0.5) is 5.69 Å². The molecule has 0 saturated carbocycles. The highest BCUT2D eigenvalue weighted by Crippen LogP contribution is 2.32. The topological polar surface area (TPSA) is 73.6 Å². The van der Waals surface area contributed by atoms with Crippen LogP contribution in [0.15, 0.2) is 59.0 Å². The smallest absolute Gasteiger partial charge is 0.263 e. The maximum absolute atomic E-state index is 13.0. The number of aryl methyl sites for hydroxylation is 1. The fraction of sp³-hybridized carbons (Fsp3) is 0.130. The lowest BCUT2D eigenvalue weighted by atomic mass is 10.1. The average Bonchev–Trinajstić information content (AvgIpc) is 3.17. The summed E-state index contributed by atoms with van der Waals surface area (Å²) in [6.07, 6.45) is 0. The van der Waals surface area contributed by atoms with Crippen molar-refractivity contribution >= 4 is 34.3 Å². The van der Waals surface area contributed by atoms with E-state index in [0.717, 1.165) is 11.1 Å². The van der Waals surface area contributed by atoms with E-state index >= 15 is 0 Å². The minimum atomic E-state index is -0.339. The third kappa shape index (κ3) is 3.69. The van der Waals surface area contributed by atoms with Crippen molar-refractivity contribution in [3.8, 4) is 23.0 Å². The quantitative estimate of drug-likeness (QED) is 0.444. The van der Waals surface area contributed by atoms with Gasteiger partial charge in [-0.25, -0.2) is 4.98 Å². The average molecular weight is 423 g/mol. The second-order valence-corrected chi connectivity index (χ2v) is 7.09. The van der Waals surface area contributed by atoms with Gasteiger partial charge in [0, 0.05) is 16.3 Å². The van der Waals surface area contributed by atoms with E-state index in [1.54, 1.807) is 36.4 Å². The number of carbonyl (C=O) groups is 1. The number of carbonyl (C=O) groups excluding carboxylic acids is 1. The molecule has 0 bridgehead atoms. The summed E-state index contributed by atoms with van der Waals surface area (Å²) in [7, 11) is 3.02. The number of halogens is 1. The molecule has 1 aromatic heterocycles. The molecule has 0 aliphatic carbocycles. The van der Waals surface area contributed by atoms with Gasteiger partial charge in [0.05, 0.1) is 14.2 Å². The first-order chi connectivity index (χ1) is 14.5. The van der Waals surface area contributed by atoms with Gasteiger partial charge >= 0.3 is 0 Å². The predicted molar refractivity (Wildman–Crippen MR) is 117 cm³/mol. The SMILES string of the molecule is COc1cccc(OC)c1C(=O)Nc1cc(-c2nc3cc(Cl)ccc3o2)ccc1C. The zero-order chi connectivity index (χ0) is 21.3. The number of amides is 1.